The van der Waals surface area contributed by atoms with Crippen molar-refractivity contribution in [3.8, 4) is 23.3 Å². The van der Waals surface area contributed by atoms with Crippen LogP contribution in [0, 0.1) is 23.3 Å². The molecule has 0 unspecified atom stereocenters. The molecule has 1 aliphatic carbocycles. The molecule has 0 atom stereocenters. The quantitative estimate of drug-likeness (QED) is 0.588. The van der Waals surface area contributed by atoms with Crippen molar-refractivity contribution in [2.75, 3.05) is 6.54 Å². The lowest BCUT2D eigenvalue weighted by atomic mass is 9.94. The third-order valence-electron chi connectivity index (χ3n) is 4.08. The predicted molar refractivity (Wildman–Crippen MR) is 103 cm³/mol. The Morgan fingerprint density at radius 1 is 1.12 bits per heavy atom. The average molecular weight is 338 g/mol. The van der Waals surface area contributed by atoms with Gasteiger partial charge in [0, 0.05) is 11.6 Å². The van der Waals surface area contributed by atoms with Crippen LogP contribution in [0.5, 0.6) is 0 Å². The van der Waals surface area contributed by atoms with Crippen LogP contribution in [0.3, 0.4) is 0 Å². The van der Waals surface area contributed by atoms with E-state index in [0.717, 1.165) is 18.4 Å². The van der Waals surface area contributed by atoms with E-state index in [-0.39, 0.29) is 5.91 Å². The molecule has 1 fully saturated rings. The van der Waals surface area contributed by atoms with Gasteiger partial charge < -0.3 is 4.90 Å². The summed E-state index contributed by atoms with van der Waals surface area (Å²) < 4.78 is 0. The van der Waals surface area contributed by atoms with Crippen molar-refractivity contribution < 1.29 is 4.79 Å². The molecule has 0 radical (unpaired) electrons. The molecule has 0 bridgehead atoms. The van der Waals surface area contributed by atoms with Crippen molar-refractivity contribution in [1.29, 1.82) is 0 Å². The van der Waals surface area contributed by atoms with E-state index in [1.807, 2.05) is 35.2 Å². The molecule has 0 N–H and O–H groups in total. The van der Waals surface area contributed by atoms with Crippen molar-refractivity contribution in [3.63, 3.8) is 0 Å². The van der Waals surface area contributed by atoms with Crippen molar-refractivity contribution in [1.82, 2.24) is 4.90 Å². The van der Waals surface area contributed by atoms with Crippen LogP contribution in [0.15, 0.2) is 30.3 Å². The molecule has 0 aromatic heterocycles. The van der Waals surface area contributed by atoms with Gasteiger partial charge in [0.25, 0.3) is 5.91 Å². The smallest absolute Gasteiger partial charge is 0.298 e. The Morgan fingerprint density at radius 2 is 1.79 bits per heavy atom. The summed E-state index contributed by atoms with van der Waals surface area (Å²) >= 11 is 0. The third kappa shape index (κ3) is 6.26. The molecule has 1 amide bonds. The minimum absolute atomic E-state index is 0.0494. The molecule has 1 aromatic carbocycles. The molecule has 1 aliphatic rings. The van der Waals surface area contributed by atoms with E-state index in [9.17, 15) is 4.79 Å². The summed E-state index contributed by atoms with van der Waals surface area (Å²) in [5.74, 6) is 9.18. The first-order valence-electron chi connectivity index (χ1n) is 8.83. The highest BCUT2D eigenvalue weighted by molar-refractivity contribution is 6.84. The zero-order valence-corrected chi connectivity index (χ0v) is 16.1. The Hall–Kier alpha value is -1.97. The summed E-state index contributed by atoms with van der Waals surface area (Å²) in [7, 11) is -1.54. The lowest BCUT2D eigenvalue weighted by Gasteiger charge is -2.31. The summed E-state index contributed by atoms with van der Waals surface area (Å²) in [5.41, 5.74) is 4.19. The summed E-state index contributed by atoms with van der Waals surface area (Å²) in [6, 6.07) is 10.2. The van der Waals surface area contributed by atoms with Crippen molar-refractivity contribution in [3.05, 3.63) is 35.9 Å². The lowest BCUT2D eigenvalue weighted by molar-refractivity contribution is -0.127. The Balaban J connectivity index is 2.12. The van der Waals surface area contributed by atoms with E-state index in [4.69, 9.17) is 0 Å². The minimum Gasteiger partial charge on any atom is -0.318 e. The van der Waals surface area contributed by atoms with Gasteiger partial charge in [0.1, 0.15) is 8.07 Å². The van der Waals surface area contributed by atoms with Gasteiger partial charge in [-0.1, -0.05) is 68.9 Å². The summed E-state index contributed by atoms with van der Waals surface area (Å²) in [6.07, 6.45) is 5.82. The van der Waals surface area contributed by atoms with Gasteiger partial charge in [-0.05, 0) is 30.9 Å². The number of nitrogens with zero attached hydrogens (tertiary/aromatic N) is 1. The van der Waals surface area contributed by atoms with Crippen LogP contribution in [0.1, 0.15) is 37.7 Å². The van der Waals surface area contributed by atoms with Crippen LogP contribution in [0.2, 0.25) is 19.6 Å². The van der Waals surface area contributed by atoms with E-state index in [1.165, 1.54) is 19.3 Å². The summed E-state index contributed by atoms with van der Waals surface area (Å²) in [5, 5.41) is 0. The van der Waals surface area contributed by atoms with Gasteiger partial charge in [-0.3, -0.25) is 4.79 Å². The zero-order chi connectivity index (χ0) is 17.4. The first-order valence-corrected chi connectivity index (χ1v) is 12.3. The molecule has 0 saturated heterocycles. The molecule has 2 rings (SSSR count). The van der Waals surface area contributed by atoms with Gasteiger partial charge >= 0.3 is 0 Å². The molecule has 126 valence electrons. The first-order chi connectivity index (χ1) is 11.5. The second kappa shape index (κ2) is 8.76. The number of carbonyl (C=O) groups is 1. The Morgan fingerprint density at radius 3 is 2.42 bits per heavy atom. The molecule has 2 nitrogen and oxygen atoms in total. The maximum absolute atomic E-state index is 12.6. The van der Waals surface area contributed by atoms with Crippen LogP contribution in [0.4, 0.5) is 0 Å². The Labute approximate surface area is 147 Å². The largest absolute Gasteiger partial charge is 0.318 e. The number of rotatable bonds is 2. The Kier molecular flexibility index (Phi) is 6.70. The molecule has 0 aliphatic heterocycles. The second-order valence-electron chi connectivity index (χ2n) is 7.39. The Bertz CT molecular complexity index is 661. The van der Waals surface area contributed by atoms with Gasteiger partial charge in [-0.15, -0.1) is 5.54 Å². The fourth-order valence-corrected chi connectivity index (χ4v) is 3.30. The van der Waals surface area contributed by atoms with E-state index in [1.54, 1.807) is 0 Å². The van der Waals surface area contributed by atoms with E-state index in [0.29, 0.717) is 12.6 Å². The number of carbonyl (C=O) groups excluding carboxylic acids is 1. The fourth-order valence-electron chi connectivity index (χ4n) is 2.82. The fraction of sp³-hybridized carbons (Fsp3) is 0.476. The molecular weight excluding hydrogens is 310 g/mol. The summed E-state index contributed by atoms with van der Waals surface area (Å²) in [6.45, 7) is 6.95. The van der Waals surface area contributed by atoms with Gasteiger partial charge in [0.05, 0.1) is 6.54 Å². The van der Waals surface area contributed by atoms with Crippen molar-refractivity contribution >= 4 is 14.0 Å². The van der Waals surface area contributed by atoms with Gasteiger partial charge in [-0.25, -0.2) is 0 Å². The zero-order valence-electron chi connectivity index (χ0n) is 15.1. The van der Waals surface area contributed by atoms with Crippen LogP contribution in [-0.4, -0.2) is 31.5 Å². The van der Waals surface area contributed by atoms with E-state index < -0.39 is 8.07 Å². The highest BCUT2D eigenvalue weighted by atomic mass is 28.3. The molecule has 1 saturated carbocycles. The molecule has 1 aromatic rings. The van der Waals surface area contributed by atoms with Crippen LogP contribution in [-0.2, 0) is 4.79 Å². The monoisotopic (exact) mass is 337 g/mol. The number of benzene rings is 1. The van der Waals surface area contributed by atoms with E-state index in [2.05, 4.69) is 42.9 Å². The van der Waals surface area contributed by atoms with Gasteiger partial charge in [0.15, 0.2) is 0 Å². The van der Waals surface area contributed by atoms with Crippen LogP contribution >= 0.6 is 0 Å². The van der Waals surface area contributed by atoms with Crippen LogP contribution < -0.4 is 0 Å². The SMILES string of the molecule is C[Si](C)(C)C#CC(=O)N(CC#Cc1ccccc1)C1CCCCC1. The highest BCUT2D eigenvalue weighted by Gasteiger charge is 2.24. The summed E-state index contributed by atoms with van der Waals surface area (Å²) in [4.78, 5) is 14.5. The lowest BCUT2D eigenvalue weighted by Crippen LogP contribution is -2.41. The standard InChI is InChI=1S/C21H27NOSi/c1-24(2,3)18-16-21(23)22(20-14-8-5-9-15-20)17-10-13-19-11-6-4-7-12-19/h4,6-7,11-12,20H,5,8-9,14-15,17H2,1-3H3. The molecule has 24 heavy (non-hydrogen) atoms. The van der Waals surface area contributed by atoms with Crippen molar-refractivity contribution in [2.24, 2.45) is 0 Å². The minimum atomic E-state index is -1.54. The number of amides is 1. The molecule has 0 heterocycles. The topological polar surface area (TPSA) is 20.3 Å². The number of hydrogen-bond acceptors (Lipinski definition) is 1. The normalized spacial score (nSPS) is 14.8. The van der Waals surface area contributed by atoms with Gasteiger partial charge in [-0.2, -0.15) is 0 Å². The molecule has 3 heteroatoms. The van der Waals surface area contributed by atoms with Crippen LogP contribution in [0.25, 0.3) is 0 Å². The maximum atomic E-state index is 12.6. The molecular formula is C21H27NOSi. The maximum Gasteiger partial charge on any atom is 0.298 e. The first kappa shape index (κ1) is 18.4. The number of hydrogen-bond donors (Lipinski definition) is 0. The molecule has 0 spiro atoms. The second-order valence-corrected chi connectivity index (χ2v) is 12.1. The van der Waals surface area contributed by atoms with Crippen molar-refractivity contribution in [2.45, 2.75) is 57.8 Å². The van der Waals surface area contributed by atoms with E-state index >= 15 is 0 Å². The average Bonchev–Trinajstić information content (AvgIpc) is 2.58. The predicted octanol–water partition coefficient (Wildman–Crippen LogP) is 4.08. The van der Waals surface area contributed by atoms with Gasteiger partial charge in [0.2, 0.25) is 0 Å². The third-order valence-corrected chi connectivity index (χ3v) is 4.95. The highest BCUT2D eigenvalue weighted by Crippen LogP contribution is 2.22.